The van der Waals surface area contributed by atoms with Gasteiger partial charge >= 0.3 is 0 Å². The van der Waals surface area contributed by atoms with Gasteiger partial charge in [0.15, 0.2) is 0 Å². The summed E-state index contributed by atoms with van der Waals surface area (Å²) in [5.41, 5.74) is 1.40. The smallest absolute Gasteiger partial charge is 0.278 e. The van der Waals surface area contributed by atoms with Gasteiger partial charge in [-0.2, -0.15) is 8.78 Å². The Kier molecular flexibility index (Phi) is 2.99. The summed E-state index contributed by atoms with van der Waals surface area (Å²) >= 11 is 0. The highest BCUT2D eigenvalue weighted by Crippen LogP contribution is 2.34. The van der Waals surface area contributed by atoms with Crippen molar-refractivity contribution in [3.63, 3.8) is 0 Å². The molecule has 1 heterocycles. The Balaban J connectivity index is 2.27. The number of hydrogen-bond donors (Lipinski definition) is 2. The number of fused-ring (bicyclic) bond motifs is 1. The van der Waals surface area contributed by atoms with Crippen LogP contribution < -0.4 is 0 Å². The summed E-state index contributed by atoms with van der Waals surface area (Å²) in [5, 5.41) is 10.1. The number of phenolic OH excluding ortho intramolecular Hbond substituents is 1. The molecule has 0 spiro atoms. The number of hydrogen-bond acceptors (Lipinski definition) is 1. The van der Waals surface area contributed by atoms with Crippen LogP contribution in [0, 0.1) is 0 Å². The third-order valence-electron chi connectivity index (χ3n) is 3.19. The first kappa shape index (κ1) is 12.4. The molecule has 0 saturated carbocycles. The number of halogens is 2. The molecule has 4 heteroatoms. The molecule has 0 radical (unpaired) electrons. The molecule has 3 aromatic rings. The first-order valence-electron chi connectivity index (χ1n) is 6.08. The zero-order chi connectivity index (χ0) is 14.1. The predicted octanol–water partition coefficient (Wildman–Crippen LogP) is 4.53. The van der Waals surface area contributed by atoms with E-state index in [9.17, 15) is 13.9 Å². The molecular weight excluding hydrogens is 260 g/mol. The lowest BCUT2D eigenvalue weighted by molar-refractivity contribution is 0.426. The Morgan fingerprint density at radius 1 is 1.00 bits per heavy atom. The van der Waals surface area contributed by atoms with Gasteiger partial charge in [0.2, 0.25) is 0 Å². The normalized spacial score (nSPS) is 10.7. The van der Waals surface area contributed by atoms with E-state index in [1.165, 1.54) is 18.3 Å². The maximum absolute atomic E-state index is 13.4. The Hall–Kier alpha value is -2.62. The maximum atomic E-state index is 13.4. The molecule has 0 aliphatic carbocycles. The fourth-order valence-electron chi connectivity index (χ4n) is 2.29. The van der Waals surface area contributed by atoms with Crippen LogP contribution in [0.1, 0.15) is 11.1 Å². The number of aromatic hydroxyl groups is 1. The Bertz CT molecular complexity index is 787. The minimum atomic E-state index is -1.75. The number of benzene rings is 2. The summed E-state index contributed by atoms with van der Waals surface area (Å²) < 4.78 is 26.8. The van der Waals surface area contributed by atoms with E-state index in [1.54, 1.807) is 36.4 Å². The van der Waals surface area contributed by atoms with E-state index < -0.39 is 6.08 Å². The predicted molar refractivity (Wildman–Crippen MR) is 74.6 cm³/mol. The van der Waals surface area contributed by atoms with Crippen LogP contribution in [0.3, 0.4) is 0 Å². The van der Waals surface area contributed by atoms with Crippen LogP contribution in [0.25, 0.3) is 16.5 Å². The minimum Gasteiger partial charge on any atom is -0.508 e. The summed E-state index contributed by atoms with van der Waals surface area (Å²) in [4.78, 5) is 2.94. The molecular formula is C16H11F2NO. The van der Waals surface area contributed by atoms with Gasteiger partial charge in [0.1, 0.15) is 5.75 Å². The summed E-state index contributed by atoms with van der Waals surface area (Å²) in [7, 11) is 0. The Morgan fingerprint density at radius 2 is 1.75 bits per heavy atom. The highest BCUT2D eigenvalue weighted by Gasteiger charge is 2.16. The fraction of sp³-hybridized carbons (Fsp3) is 0. The number of H-pyrrole nitrogens is 1. The quantitative estimate of drug-likeness (QED) is 0.705. The number of aromatic amines is 1. The van der Waals surface area contributed by atoms with E-state index in [-0.39, 0.29) is 11.3 Å². The average molecular weight is 271 g/mol. The van der Waals surface area contributed by atoms with Crippen LogP contribution in [0.15, 0.2) is 60.8 Å². The van der Waals surface area contributed by atoms with Crippen molar-refractivity contribution in [1.82, 2.24) is 4.98 Å². The molecule has 3 rings (SSSR count). The second-order valence-electron chi connectivity index (χ2n) is 4.43. The molecule has 0 bridgehead atoms. The summed E-state index contributed by atoms with van der Waals surface area (Å²) in [6.07, 6.45) is -0.216. The van der Waals surface area contributed by atoms with Crippen LogP contribution in [0.5, 0.6) is 5.75 Å². The Labute approximate surface area is 114 Å². The molecule has 0 unspecified atom stereocenters. The Morgan fingerprint density at radius 3 is 2.45 bits per heavy atom. The van der Waals surface area contributed by atoms with Crippen LogP contribution in [0.4, 0.5) is 8.78 Å². The van der Waals surface area contributed by atoms with Crippen molar-refractivity contribution in [1.29, 1.82) is 0 Å². The van der Waals surface area contributed by atoms with Gasteiger partial charge in [-0.15, -0.1) is 0 Å². The van der Waals surface area contributed by atoms with E-state index in [0.717, 1.165) is 0 Å². The minimum absolute atomic E-state index is 0.0463. The summed E-state index contributed by atoms with van der Waals surface area (Å²) in [5.74, 6) is 0.0463. The molecule has 0 saturated heterocycles. The van der Waals surface area contributed by atoms with Gasteiger partial charge in [-0.3, -0.25) is 0 Å². The van der Waals surface area contributed by atoms with Crippen molar-refractivity contribution < 1.29 is 13.9 Å². The summed E-state index contributed by atoms with van der Waals surface area (Å²) in [6, 6.07) is 13.1. The number of nitrogens with one attached hydrogen (secondary N) is 1. The molecule has 2 nitrogen and oxygen atoms in total. The van der Waals surface area contributed by atoms with Gasteiger partial charge in [-0.05, 0) is 23.8 Å². The van der Waals surface area contributed by atoms with E-state index in [2.05, 4.69) is 4.98 Å². The van der Waals surface area contributed by atoms with E-state index in [4.69, 9.17) is 0 Å². The van der Waals surface area contributed by atoms with Gasteiger partial charge in [0.05, 0.1) is 5.57 Å². The molecule has 0 atom stereocenters. The molecule has 2 aromatic carbocycles. The van der Waals surface area contributed by atoms with Gasteiger partial charge < -0.3 is 10.1 Å². The lowest BCUT2D eigenvalue weighted by atomic mass is 9.98. The number of rotatable bonds is 2. The third kappa shape index (κ3) is 2.05. The monoisotopic (exact) mass is 271 g/mol. The molecule has 20 heavy (non-hydrogen) atoms. The molecule has 0 aliphatic rings. The van der Waals surface area contributed by atoms with Gasteiger partial charge in [-0.1, -0.05) is 30.3 Å². The average Bonchev–Trinajstić information content (AvgIpc) is 2.83. The first-order chi connectivity index (χ1) is 9.66. The molecule has 0 fully saturated rings. The van der Waals surface area contributed by atoms with Crippen LogP contribution in [-0.2, 0) is 0 Å². The molecule has 0 aliphatic heterocycles. The highest BCUT2D eigenvalue weighted by atomic mass is 19.3. The number of aromatic nitrogens is 1. The second kappa shape index (κ2) is 4.81. The third-order valence-corrected chi connectivity index (χ3v) is 3.19. The number of phenols is 1. The summed E-state index contributed by atoms with van der Waals surface area (Å²) in [6.45, 7) is 0. The standard InChI is InChI=1S/C16H11F2NO/c17-16(18)15(10-4-2-1-3-5-10)13-9-19-14-7-6-11(20)8-12(13)14/h1-9,19-20H. The van der Waals surface area contributed by atoms with E-state index in [0.29, 0.717) is 22.0 Å². The van der Waals surface area contributed by atoms with Crippen molar-refractivity contribution in [2.24, 2.45) is 0 Å². The van der Waals surface area contributed by atoms with E-state index in [1.807, 2.05) is 0 Å². The van der Waals surface area contributed by atoms with Crippen LogP contribution in [-0.4, -0.2) is 10.1 Å². The maximum Gasteiger partial charge on any atom is 0.278 e. The molecule has 100 valence electrons. The largest absolute Gasteiger partial charge is 0.508 e. The topological polar surface area (TPSA) is 36.0 Å². The van der Waals surface area contributed by atoms with Crippen molar-refractivity contribution in [2.75, 3.05) is 0 Å². The molecule has 1 aromatic heterocycles. The van der Waals surface area contributed by atoms with Crippen molar-refractivity contribution in [3.05, 3.63) is 71.9 Å². The first-order valence-corrected chi connectivity index (χ1v) is 6.08. The van der Waals surface area contributed by atoms with E-state index >= 15 is 0 Å². The SMILES string of the molecule is Oc1ccc2[nH]cc(C(=C(F)F)c3ccccc3)c2c1. The van der Waals surface area contributed by atoms with Crippen molar-refractivity contribution >= 4 is 16.5 Å². The van der Waals surface area contributed by atoms with Crippen LogP contribution >= 0.6 is 0 Å². The van der Waals surface area contributed by atoms with Gasteiger partial charge in [0, 0.05) is 22.7 Å². The van der Waals surface area contributed by atoms with Crippen molar-refractivity contribution in [3.8, 4) is 5.75 Å². The second-order valence-corrected chi connectivity index (χ2v) is 4.43. The van der Waals surface area contributed by atoms with Crippen molar-refractivity contribution in [2.45, 2.75) is 0 Å². The van der Waals surface area contributed by atoms with Crippen LogP contribution in [0.2, 0.25) is 0 Å². The zero-order valence-electron chi connectivity index (χ0n) is 10.4. The highest BCUT2D eigenvalue weighted by molar-refractivity contribution is 5.97. The zero-order valence-corrected chi connectivity index (χ0v) is 10.4. The molecule has 0 amide bonds. The fourth-order valence-corrected chi connectivity index (χ4v) is 2.29. The van der Waals surface area contributed by atoms with Gasteiger partial charge in [-0.25, -0.2) is 0 Å². The van der Waals surface area contributed by atoms with Gasteiger partial charge in [0.25, 0.3) is 6.08 Å². The molecule has 2 N–H and O–H groups in total. The lowest BCUT2D eigenvalue weighted by Gasteiger charge is -2.06. The lowest BCUT2D eigenvalue weighted by Crippen LogP contribution is -1.88.